The topological polar surface area (TPSA) is 87.9 Å². The SMILES string of the molecule is CCCOc1ccc(/C=C(\C#N)C(=O)Nc2nnc(SCCC)s2)cc1. The molecule has 0 atom stereocenters. The molecule has 1 aromatic carbocycles. The van der Waals surface area contributed by atoms with Gasteiger partial charge in [-0.15, -0.1) is 10.2 Å². The van der Waals surface area contributed by atoms with Crippen LogP contribution in [0.5, 0.6) is 5.75 Å². The average molecular weight is 389 g/mol. The summed E-state index contributed by atoms with van der Waals surface area (Å²) >= 11 is 2.89. The molecule has 6 nitrogen and oxygen atoms in total. The van der Waals surface area contributed by atoms with E-state index in [1.807, 2.05) is 25.1 Å². The summed E-state index contributed by atoms with van der Waals surface area (Å²) in [6.45, 7) is 4.78. The molecule has 2 rings (SSSR count). The van der Waals surface area contributed by atoms with Gasteiger partial charge >= 0.3 is 0 Å². The van der Waals surface area contributed by atoms with E-state index in [0.717, 1.165) is 34.2 Å². The van der Waals surface area contributed by atoms with Crippen molar-refractivity contribution in [1.82, 2.24) is 10.2 Å². The molecule has 0 saturated heterocycles. The number of aromatic nitrogens is 2. The van der Waals surface area contributed by atoms with Crippen LogP contribution in [-0.4, -0.2) is 28.5 Å². The minimum Gasteiger partial charge on any atom is -0.494 e. The molecule has 0 spiro atoms. The number of rotatable bonds is 9. The Bertz CT molecular complexity index is 794. The highest BCUT2D eigenvalue weighted by atomic mass is 32.2. The zero-order chi connectivity index (χ0) is 18.8. The van der Waals surface area contributed by atoms with Crippen molar-refractivity contribution >= 4 is 40.2 Å². The van der Waals surface area contributed by atoms with Crippen LogP contribution in [-0.2, 0) is 4.79 Å². The van der Waals surface area contributed by atoms with Gasteiger partial charge in [-0.05, 0) is 36.6 Å². The summed E-state index contributed by atoms with van der Waals surface area (Å²) in [5, 5.41) is 20.2. The predicted molar refractivity (Wildman–Crippen MR) is 105 cm³/mol. The summed E-state index contributed by atoms with van der Waals surface area (Å²) in [6, 6.07) is 9.17. The predicted octanol–water partition coefficient (Wildman–Crippen LogP) is 4.37. The summed E-state index contributed by atoms with van der Waals surface area (Å²) in [7, 11) is 0. The molecular weight excluding hydrogens is 368 g/mol. The summed E-state index contributed by atoms with van der Waals surface area (Å²) in [6.07, 6.45) is 3.51. The normalized spacial score (nSPS) is 11.0. The number of anilines is 1. The summed E-state index contributed by atoms with van der Waals surface area (Å²) in [5.41, 5.74) is 0.752. The van der Waals surface area contributed by atoms with Crippen molar-refractivity contribution < 1.29 is 9.53 Å². The Morgan fingerprint density at radius 1 is 1.31 bits per heavy atom. The minimum absolute atomic E-state index is 0.00480. The molecule has 0 radical (unpaired) electrons. The second-order valence-corrected chi connectivity index (χ2v) is 7.58. The number of ether oxygens (including phenoxy) is 1. The van der Waals surface area contributed by atoms with Crippen molar-refractivity contribution in [3.8, 4) is 11.8 Å². The number of carbonyl (C=O) groups is 1. The first-order chi connectivity index (χ1) is 12.7. The Kier molecular flexibility index (Phi) is 8.12. The van der Waals surface area contributed by atoms with Gasteiger partial charge in [0.1, 0.15) is 17.4 Å². The molecule has 8 heteroatoms. The molecule has 1 aromatic heterocycles. The van der Waals surface area contributed by atoms with Crippen molar-refractivity contribution in [2.75, 3.05) is 17.7 Å². The van der Waals surface area contributed by atoms with Crippen LogP contribution in [0.15, 0.2) is 34.2 Å². The Morgan fingerprint density at radius 3 is 2.73 bits per heavy atom. The molecule has 0 aliphatic carbocycles. The first-order valence-electron chi connectivity index (χ1n) is 8.28. The number of hydrogen-bond donors (Lipinski definition) is 1. The summed E-state index contributed by atoms with van der Waals surface area (Å²) < 4.78 is 6.32. The van der Waals surface area contributed by atoms with Crippen LogP contribution < -0.4 is 10.1 Å². The van der Waals surface area contributed by atoms with Gasteiger partial charge in [-0.1, -0.05) is 49.1 Å². The minimum atomic E-state index is -0.498. The van der Waals surface area contributed by atoms with E-state index in [9.17, 15) is 10.1 Å². The molecule has 0 saturated carbocycles. The molecule has 0 aliphatic heterocycles. The number of nitrogens with zero attached hydrogens (tertiary/aromatic N) is 3. The largest absolute Gasteiger partial charge is 0.494 e. The first kappa shape index (κ1) is 19.9. The average Bonchev–Trinajstić information content (AvgIpc) is 3.10. The molecule has 0 fully saturated rings. The van der Waals surface area contributed by atoms with E-state index in [2.05, 4.69) is 22.4 Å². The van der Waals surface area contributed by atoms with Crippen LogP contribution in [0.2, 0.25) is 0 Å². The first-order valence-corrected chi connectivity index (χ1v) is 10.1. The number of nitriles is 1. The third kappa shape index (κ3) is 6.17. The van der Waals surface area contributed by atoms with E-state index < -0.39 is 5.91 Å². The summed E-state index contributed by atoms with van der Waals surface area (Å²) in [4.78, 5) is 12.3. The van der Waals surface area contributed by atoms with Crippen molar-refractivity contribution in [2.45, 2.75) is 31.0 Å². The lowest BCUT2D eigenvalue weighted by Gasteiger charge is -2.04. The summed E-state index contributed by atoms with van der Waals surface area (Å²) in [5.74, 6) is 1.21. The number of nitrogens with one attached hydrogen (secondary N) is 1. The monoisotopic (exact) mass is 388 g/mol. The van der Waals surface area contributed by atoms with Gasteiger partial charge in [-0.2, -0.15) is 5.26 Å². The van der Waals surface area contributed by atoms with Gasteiger partial charge in [-0.25, -0.2) is 0 Å². The third-order valence-corrected chi connectivity index (χ3v) is 5.26. The number of amides is 1. The van der Waals surface area contributed by atoms with Crippen LogP contribution >= 0.6 is 23.1 Å². The van der Waals surface area contributed by atoms with Gasteiger partial charge in [0, 0.05) is 5.75 Å². The third-order valence-electron chi connectivity index (χ3n) is 3.09. The van der Waals surface area contributed by atoms with Crippen molar-refractivity contribution in [1.29, 1.82) is 5.26 Å². The molecule has 1 N–H and O–H groups in total. The molecule has 0 unspecified atom stereocenters. The van der Waals surface area contributed by atoms with Crippen LogP contribution in [0.25, 0.3) is 6.08 Å². The van der Waals surface area contributed by atoms with Gasteiger partial charge in [0.25, 0.3) is 5.91 Å². The van der Waals surface area contributed by atoms with Gasteiger partial charge in [0.05, 0.1) is 6.61 Å². The van der Waals surface area contributed by atoms with E-state index in [-0.39, 0.29) is 5.57 Å². The molecular formula is C18H20N4O2S2. The van der Waals surface area contributed by atoms with E-state index in [4.69, 9.17) is 4.74 Å². The van der Waals surface area contributed by atoms with E-state index in [1.54, 1.807) is 23.9 Å². The van der Waals surface area contributed by atoms with Crippen molar-refractivity contribution in [3.05, 3.63) is 35.4 Å². The molecule has 26 heavy (non-hydrogen) atoms. The molecule has 0 bridgehead atoms. The maximum absolute atomic E-state index is 12.3. The van der Waals surface area contributed by atoms with Crippen molar-refractivity contribution in [2.24, 2.45) is 0 Å². The standard InChI is InChI=1S/C18H20N4O2S2/c1-3-9-24-15-7-5-13(6-8-15)11-14(12-19)16(23)20-17-21-22-18(26-17)25-10-4-2/h5-8,11H,3-4,9-10H2,1-2H3,(H,20,21,23)/b14-11+. The number of hydrogen-bond acceptors (Lipinski definition) is 7. The Labute approximate surface area is 161 Å². The molecule has 0 aliphatic rings. The number of carbonyl (C=O) groups excluding carboxylic acids is 1. The van der Waals surface area contributed by atoms with Crippen LogP contribution in [0.1, 0.15) is 32.3 Å². The van der Waals surface area contributed by atoms with Gasteiger partial charge in [0.15, 0.2) is 4.34 Å². The molecule has 136 valence electrons. The second-order valence-electron chi connectivity index (χ2n) is 5.26. The zero-order valence-corrected chi connectivity index (χ0v) is 16.3. The smallest absolute Gasteiger partial charge is 0.268 e. The lowest BCUT2D eigenvalue weighted by molar-refractivity contribution is -0.112. The van der Waals surface area contributed by atoms with Crippen LogP contribution in [0, 0.1) is 11.3 Å². The quantitative estimate of drug-likeness (QED) is 0.297. The number of benzene rings is 1. The van der Waals surface area contributed by atoms with E-state index >= 15 is 0 Å². The Balaban J connectivity index is 2.02. The van der Waals surface area contributed by atoms with Gasteiger partial charge in [0.2, 0.25) is 5.13 Å². The lowest BCUT2D eigenvalue weighted by atomic mass is 10.1. The zero-order valence-electron chi connectivity index (χ0n) is 14.7. The fraction of sp³-hybridized carbons (Fsp3) is 0.333. The maximum atomic E-state index is 12.3. The highest BCUT2D eigenvalue weighted by molar-refractivity contribution is 8.01. The Hall–Kier alpha value is -2.37. The van der Waals surface area contributed by atoms with Crippen molar-refractivity contribution in [3.63, 3.8) is 0 Å². The Morgan fingerprint density at radius 2 is 2.08 bits per heavy atom. The molecule has 1 heterocycles. The molecule has 1 amide bonds. The fourth-order valence-electron chi connectivity index (χ4n) is 1.87. The van der Waals surface area contributed by atoms with E-state index in [0.29, 0.717) is 11.7 Å². The van der Waals surface area contributed by atoms with E-state index in [1.165, 1.54) is 17.4 Å². The number of thioether (sulfide) groups is 1. The fourth-order valence-corrected chi connectivity index (χ4v) is 3.54. The van der Waals surface area contributed by atoms with Crippen LogP contribution in [0.3, 0.4) is 0 Å². The van der Waals surface area contributed by atoms with Gasteiger partial charge < -0.3 is 4.74 Å². The molecule has 2 aromatic rings. The highest BCUT2D eigenvalue weighted by Crippen LogP contribution is 2.26. The van der Waals surface area contributed by atoms with Crippen LogP contribution in [0.4, 0.5) is 5.13 Å². The maximum Gasteiger partial charge on any atom is 0.268 e. The highest BCUT2D eigenvalue weighted by Gasteiger charge is 2.13. The second kappa shape index (κ2) is 10.6. The van der Waals surface area contributed by atoms with Gasteiger partial charge in [-0.3, -0.25) is 10.1 Å². The lowest BCUT2D eigenvalue weighted by Crippen LogP contribution is -2.13.